The molecule has 6 nitrogen and oxygen atoms in total. The van der Waals surface area contributed by atoms with E-state index in [1.54, 1.807) is 0 Å². The van der Waals surface area contributed by atoms with Crippen molar-refractivity contribution in [2.75, 3.05) is 0 Å². The second-order valence-corrected chi connectivity index (χ2v) is 26.2. The van der Waals surface area contributed by atoms with Gasteiger partial charge in [0.25, 0.3) is 0 Å². The number of hydrogen-bond donors (Lipinski definition) is 0. The second kappa shape index (κ2) is 16.6. The van der Waals surface area contributed by atoms with Gasteiger partial charge in [0.2, 0.25) is 0 Å². The molecule has 406 valence electrons. The van der Waals surface area contributed by atoms with Crippen LogP contribution < -0.4 is 0 Å². The van der Waals surface area contributed by atoms with Crippen molar-refractivity contribution in [2.24, 2.45) is 0 Å². The van der Waals surface area contributed by atoms with Crippen molar-refractivity contribution in [3.05, 3.63) is 242 Å². The van der Waals surface area contributed by atoms with Crippen molar-refractivity contribution in [3.63, 3.8) is 0 Å². The standard InChI is InChI=1S/C80H56N6/c1-79(2,3)49-41-58(48-34-36-68-60(39-48)56-30-18-20-32-66(56)84(68)52-25-11-8-12-26-52)73-62(42-49)61-40-46-22-14-16-28-54(46)70-72-78(85(73)76(61)70)81-71-64-44-50(80(4,5)6)43-63-69-53-27-15-13-21-45(53)37-57(75(69)86(74(63)64)77(71)82-72)47-33-35-67-59(38-47)55-29-17-19-31-65(55)83(67)51-23-9-7-10-24-51/h7-44H,1-6H3. The topological polar surface area (TPSA) is 44.5 Å². The summed E-state index contributed by atoms with van der Waals surface area (Å²) < 4.78 is 9.82. The normalized spacial score (nSPS) is 13.0. The molecule has 0 radical (unpaired) electrons. The van der Waals surface area contributed by atoms with Gasteiger partial charge in [0.15, 0.2) is 11.3 Å². The van der Waals surface area contributed by atoms with Crippen LogP contribution in [0.5, 0.6) is 0 Å². The molecular weight excluding hydrogens is 1040 g/mol. The highest BCUT2D eigenvalue weighted by Crippen LogP contribution is 2.51. The third kappa shape index (κ3) is 6.29. The van der Waals surface area contributed by atoms with Crippen molar-refractivity contribution in [1.29, 1.82) is 0 Å². The van der Waals surface area contributed by atoms with Gasteiger partial charge in [-0.05, 0) is 152 Å². The Morgan fingerprint density at radius 3 is 1.34 bits per heavy atom. The fourth-order valence-electron chi connectivity index (χ4n) is 15.2. The molecule has 6 heteroatoms. The fraction of sp³-hybridized carbons (Fsp3) is 0.100. The van der Waals surface area contributed by atoms with Crippen LogP contribution in [0, 0.1) is 0 Å². The largest absolute Gasteiger partial charge is 0.309 e. The SMILES string of the molecule is CC(C)(C)c1cc(-c2ccc3c(c2)c2ccccc2n3-c2ccccc2)c2c(c1)c1cc3ccccc3c3c4nc5c(nc4n2c13)c1cc(C(C)(C)C)cc2c3c4ccccc4cc(-c4ccc6c(c4)c4ccccc4n6-c4ccccc4)c3n5c12. The maximum absolute atomic E-state index is 6.14. The zero-order valence-electron chi connectivity index (χ0n) is 48.6. The number of para-hydroxylation sites is 4. The Morgan fingerprint density at radius 1 is 0.291 bits per heavy atom. The highest BCUT2D eigenvalue weighted by molar-refractivity contribution is 6.34. The van der Waals surface area contributed by atoms with Gasteiger partial charge in [-0.1, -0.05) is 175 Å². The second-order valence-electron chi connectivity index (χ2n) is 26.2. The monoisotopic (exact) mass is 1100 g/mol. The van der Waals surface area contributed by atoms with Crippen LogP contribution in [0.15, 0.2) is 231 Å². The molecule has 0 saturated carbocycles. The van der Waals surface area contributed by atoms with Crippen LogP contribution in [0.4, 0.5) is 0 Å². The van der Waals surface area contributed by atoms with Gasteiger partial charge in [-0.2, -0.15) is 0 Å². The summed E-state index contributed by atoms with van der Waals surface area (Å²) in [6.07, 6.45) is 0. The number of nitrogens with zero attached hydrogens (tertiary/aromatic N) is 6. The van der Waals surface area contributed by atoms with E-state index in [9.17, 15) is 0 Å². The van der Waals surface area contributed by atoms with E-state index in [4.69, 9.17) is 9.97 Å². The summed E-state index contributed by atoms with van der Waals surface area (Å²) in [5, 5.41) is 16.9. The van der Waals surface area contributed by atoms with Crippen LogP contribution in [-0.2, 0) is 10.8 Å². The zero-order valence-corrected chi connectivity index (χ0v) is 48.6. The molecule has 12 aromatic carbocycles. The molecule has 0 N–H and O–H groups in total. The lowest BCUT2D eigenvalue weighted by Crippen LogP contribution is -2.11. The first kappa shape index (κ1) is 47.9. The lowest BCUT2D eigenvalue weighted by molar-refractivity contribution is 0.591. The molecule has 7 aromatic heterocycles. The van der Waals surface area contributed by atoms with Gasteiger partial charge in [-0.15, -0.1) is 0 Å². The summed E-state index contributed by atoms with van der Waals surface area (Å²) in [4.78, 5) is 12.3. The average molecular weight is 1100 g/mol. The fourth-order valence-corrected chi connectivity index (χ4v) is 15.2. The van der Waals surface area contributed by atoms with Crippen LogP contribution in [0.2, 0.25) is 0 Å². The van der Waals surface area contributed by atoms with Gasteiger partial charge < -0.3 is 9.13 Å². The lowest BCUT2D eigenvalue weighted by Gasteiger charge is -2.21. The van der Waals surface area contributed by atoms with E-state index in [1.807, 2.05) is 0 Å². The number of hydrogen-bond acceptors (Lipinski definition) is 2. The molecule has 86 heavy (non-hydrogen) atoms. The van der Waals surface area contributed by atoms with Crippen LogP contribution in [0.25, 0.3) is 175 Å². The van der Waals surface area contributed by atoms with Crippen LogP contribution in [-0.4, -0.2) is 27.9 Å². The minimum Gasteiger partial charge on any atom is -0.309 e. The Balaban J connectivity index is 0.966. The predicted octanol–water partition coefficient (Wildman–Crippen LogP) is 21.2. The number of aromatic nitrogens is 6. The quantitative estimate of drug-likeness (QED) is 0.176. The van der Waals surface area contributed by atoms with Crippen LogP contribution in [0.1, 0.15) is 52.7 Å². The predicted molar refractivity (Wildman–Crippen MR) is 363 cm³/mol. The van der Waals surface area contributed by atoms with Crippen molar-refractivity contribution < 1.29 is 0 Å². The third-order valence-electron chi connectivity index (χ3n) is 19.2. The molecule has 0 aliphatic carbocycles. The molecule has 0 aliphatic heterocycles. The first-order chi connectivity index (χ1) is 41.9. The van der Waals surface area contributed by atoms with Gasteiger partial charge in [0.1, 0.15) is 11.0 Å². The summed E-state index contributed by atoms with van der Waals surface area (Å²) in [5.74, 6) is 0. The van der Waals surface area contributed by atoms with E-state index in [0.29, 0.717) is 0 Å². The zero-order chi connectivity index (χ0) is 57.2. The van der Waals surface area contributed by atoms with Crippen LogP contribution in [0.3, 0.4) is 0 Å². The van der Waals surface area contributed by atoms with E-state index in [-0.39, 0.29) is 10.8 Å². The molecule has 0 bridgehead atoms. The molecule has 0 atom stereocenters. The molecule has 0 aliphatic rings. The number of fused-ring (bicyclic) bond motifs is 22. The Labute approximate surface area is 494 Å². The molecule has 19 rings (SSSR count). The minimum atomic E-state index is -0.163. The Kier molecular flexibility index (Phi) is 9.25. The van der Waals surface area contributed by atoms with Gasteiger partial charge in [-0.25, -0.2) is 9.97 Å². The highest BCUT2D eigenvalue weighted by atomic mass is 15.1. The summed E-state index contributed by atoms with van der Waals surface area (Å²) in [5.41, 5.74) is 22.2. The van der Waals surface area contributed by atoms with Crippen molar-refractivity contribution in [3.8, 4) is 33.6 Å². The Bertz CT molecular complexity index is 6140. The summed E-state index contributed by atoms with van der Waals surface area (Å²) in [7, 11) is 0. The molecule has 0 fully saturated rings. The first-order valence-corrected chi connectivity index (χ1v) is 30.1. The van der Waals surface area contributed by atoms with Gasteiger partial charge in [-0.3, -0.25) is 8.80 Å². The lowest BCUT2D eigenvalue weighted by atomic mass is 9.84. The van der Waals surface area contributed by atoms with Gasteiger partial charge in [0, 0.05) is 76.4 Å². The van der Waals surface area contributed by atoms with Gasteiger partial charge in [0.05, 0.1) is 44.1 Å². The Morgan fingerprint density at radius 2 is 0.733 bits per heavy atom. The minimum absolute atomic E-state index is 0.135. The van der Waals surface area contributed by atoms with Gasteiger partial charge >= 0.3 is 0 Å². The summed E-state index contributed by atoms with van der Waals surface area (Å²) in [6.45, 7) is 14.0. The molecule has 0 spiro atoms. The van der Waals surface area contributed by atoms with Crippen LogP contribution >= 0.6 is 0 Å². The Hall–Kier alpha value is -10.6. The van der Waals surface area contributed by atoms with Crippen molar-refractivity contribution >= 4 is 142 Å². The summed E-state index contributed by atoms with van der Waals surface area (Å²) >= 11 is 0. The summed E-state index contributed by atoms with van der Waals surface area (Å²) in [6, 6.07) is 86.0. The smallest absolute Gasteiger partial charge is 0.165 e. The van der Waals surface area contributed by atoms with Crippen molar-refractivity contribution in [2.45, 2.75) is 52.4 Å². The van der Waals surface area contributed by atoms with Crippen molar-refractivity contribution in [1.82, 2.24) is 27.9 Å². The molecule has 0 unspecified atom stereocenters. The third-order valence-corrected chi connectivity index (χ3v) is 19.2. The molecule has 19 aromatic rings. The van der Waals surface area contributed by atoms with E-state index in [1.165, 1.54) is 115 Å². The number of benzene rings is 12. The van der Waals surface area contributed by atoms with E-state index in [2.05, 4.69) is 290 Å². The molecule has 0 amide bonds. The maximum Gasteiger partial charge on any atom is 0.165 e. The molecular formula is C80H56N6. The first-order valence-electron chi connectivity index (χ1n) is 30.1. The van der Waals surface area contributed by atoms with E-state index in [0.717, 1.165) is 72.1 Å². The number of rotatable bonds is 4. The highest BCUT2D eigenvalue weighted by Gasteiger charge is 2.31. The average Bonchev–Trinajstić information content (AvgIpc) is 1.58. The van der Waals surface area contributed by atoms with E-state index >= 15 is 0 Å². The van der Waals surface area contributed by atoms with E-state index < -0.39 is 0 Å². The molecule has 7 heterocycles. The maximum atomic E-state index is 6.14. The molecule has 0 saturated heterocycles.